The lowest BCUT2D eigenvalue weighted by Gasteiger charge is -2.54. The Bertz CT molecular complexity index is 1260. The molecule has 2 saturated carbocycles. The van der Waals surface area contributed by atoms with Crippen molar-refractivity contribution in [2.45, 2.75) is 114 Å². The highest BCUT2D eigenvalue weighted by Gasteiger charge is 2.45. The second-order valence-corrected chi connectivity index (χ2v) is 12.4. The van der Waals surface area contributed by atoms with Crippen LogP contribution in [-0.4, -0.2) is 56.5 Å². The molecule has 8 heteroatoms. The van der Waals surface area contributed by atoms with Crippen molar-refractivity contribution < 1.29 is 14.7 Å². The summed E-state index contributed by atoms with van der Waals surface area (Å²) in [6.45, 7) is 0. The highest BCUT2D eigenvalue weighted by molar-refractivity contribution is 6.00. The molecular formula is C31H42N4O4. The fourth-order valence-electron chi connectivity index (χ4n) is 8.55. The molecule has 8 nitrogen and oxygen atoms in total. The SMILES string of the molecule is CON=C(CCC(=O)O)c1nc2ccccc2n(C2CC3CCCC(C2)N3C2CC3CCCCC(C3)C2)c1=O. The van der Waals surface area contributed by atoms with Gasteiger partial charge >= 0.3 is 5.97 Å². The van der Waals surface area contributed by atoms with Crippen molar-refractivity contribution >= 4 is 22.7 Å². The Balaban J connectivity index is 1.34. The molecule has 0 spiro atoms. The summed E-state index contributed by atoms with van der Waals surface area (Å²) in [4.78, 5) is 38.0. The zero-order chi connectivity index (χ0) is 26.9. The number of hydrogen-bond acceptors (Lipinski definition) is 6. The number of carbonyl (C=O) groups is 1. The molecule has 3 heterocycles. The molecule has 1 N–H and O–H groups in total. The van der Waals surface area contributed by atoms with Gasteiger partial charge in [0.2, 0.25) is 0 Å². The van der Waals surface area contributed by atoms with Crippen LogP contribution in [0.1, 0.15) is 102 Å². The molecule has 4 atom stereocenters. The van der Waals surface area contributed by atoms with Crippen LogP contribution in [0.2, 0.25) is 0 Å². The molecule has 0 radical (unpaired) electrons. The predicted molar refractivity (Wildman–Crippen MR) is 151 cm³/mol. The van der Waals surface area contributed by atoms with Crippen LogP contribution in [0.4, 0.5) is 0 Å². The number of oxime groups is 1. The van der Waals surface area contributed by atoms with Crippen LogP contribution < -0.4 is 5.56 Å². The molecule has 39 heavy (non-hydrogen) atoms. The van der Waals surface area contributed by atoms with E-state index in [2.05, 4.69) is 15.0 Å². The van der Waals surface area contributed by atoms with Gasteiger partial charge in [0.15, 0.2) is 5.69 Å². The Hall–Kier alpha value is -2.74. The minimum atomic E-state index is -0.942. The lowest BCUT2D eigenvalue weighted by atomic mass is 9.73. The van der Waals surface area contributed by atoms with E-state index in [1.165, 1.54) is 71.3 Å². The number of rotatable bonds is 7. The van der Waals surface area contributed by atoms with Crippen LogP contribution in [0.3, 0.4) is 0 Å². The van der Waals surface area contributed by atoms with Crippen molar-refractivity contribution in [1.29, 1.82) is 0 Å². The van der Waals surface area contributed by atoms with Crippen molar-refractivity contribution in [3.05, 3.63) is 40.3 Å². The third-order valence-electron chi connectivity index (χ3n) is 9.99. The largest absolute Gasteiger partial charge is 0.481 e. The average molecular weight is 535 g/mol. The molecule has 2 aliphatic carbocycles. The quantitative estimate of drug-likeness (QED) is 0.371. The Labute approximate surface area is 230 Å². The van der Waals surface area contributed by atoms with E-state index < -0.39 is 5.97 Å². The van der Waals surface area contributed by atoms with Crippen LogP contribution in [0.25, 0.3) is 11.0 Å². The Morgan fingerprint density at radius 1 is 0.923 bits per heavy atom. The minimum absolute atomic E-state index is 0.0878. The van der Waals surface area contributed by atoms with E-state index in [4.69, 9.17) is 4.84 Å². The maximum absolute atomic E-state index is 14.1. The molecule has 2 saturated heterocycles. The van der Waals surface area contributed by atoms with Crippen molar-refractivity contribution in [3.8, 4) is 0 Å². The van der Waals surface area contributed by atoms with Gasteiger partial charge < -0.3 is 14.5 Å². The first-order valence-corrected chi connectivity index (χ1v) is 15.1. The molecule has 4 bridgehead atoms. The molecule has 0 amide bonds. The number of aliphatic carboxylic acids is 1. The summed E-state index contributed by atoms with van der Waals surface area (Å²) >= 11 is 0. The molecule has 210 valence electrons. The fraction of sp³-hybridized carbons (Fsp3) is 0.677. The van der Waals surface area contributed by atoms with Crippen molar-refractivity contribution in [2.75, 3.05) is 7.11 Å². The van der Waals surface area contributed by atoms with Crippen LogP contribution in [0.15, 0.2) is 34.2 Å². The maximum Gasteiger partial charge on any atom is 0.303 e. The number of piperidine rings is 2. The standard InChI is InChI=1S/C31H42N4O4/c1-39-33-27(13-14-29(36)37)30-31(38)35(28-12-5-4-11-26(28)32-30)25-18-22-9-6-10-23(19-25)34(22)24-16-20-7-2-3-8-21(15-20)17-24/h4-5,11-12,20-25H,2-3,6-10,13-19H2,1H3,(H,36,37). The number of carboxylic acids is 1. The van der Waals surface area contributed by atoms with Gasteiger partial charge in [0, 0.05) is 30.6 Å². The number of para-hydroxylation sites is 2. The first-order valence-electron chi connectivity index (χ1n) is 15.1. The third-order valence-corrected chi connectivity index (χ3v) is 9.99. The third kappa shape index (κ3) is 5.37. The molecule has 2 aromatic rings. The minimum Gasteiger partial charge on any atom is -0.481 e. The Morgan fingerprint density at radius 2 is 1.62 bits per heavy atom. The van der Waals surface area contributed by atoms with Crippen LogP contribution in [-0.2, 0) is 9.63 Å². The zero-order valence-corrected chi connectivity index (χ0v) is 23.1. The number of nitrogens with zero attached hydrogens (tertiary/aromatic N) is 4. The first kappa shape index (κ1) is 26.5. The van der Waals surface area contributed by atoms with Crippen molar-refractivity contribution in [2.24, 2.45) is 17.0 Å². The lowest BCUT2D eigenvalue weighted by molar-refractivity contribution is -0.136. The van der Waals surface area contributed by atoms with Crippen LogP contribution in [0, 0.1) is 11.8 Å². The molecule has 6 rings (SSSR count). The molecule has 4 aliphatic rings. The number of benzene rings is 1. The molecule has 4 unspecified atom stereocenters. The van der Waals surface area contributed by atoms with Gasteiger partial charge in [-0.25, -0.2) is 4.98 Å². The van der Waals surface area contributed by atoms with Gasteiger partial charge in [-0.15, -0.1) is 0 Å². The van der Waals surface area contributed by atoms with E-state index >= 15 is 0 Å². The normalized spacial score (nSPS) is 31.6. The summed E-state index contributed by atoms with van der Waals surface area (Å²) in [7, 11) is 1.42. The number of hydrogen-bond donors (Lipinski definition) is 1. The summed E-state index contributed by atoms with van der Waals surface area (Å²) in [6.07, 6.45) is 15.4. The van der Waals surface area contributed by atoms with Gasteiger partial charge in [0.25, 0.3) is 5.56 Å². The molecular weight excluding hydrogens is 492 g/mol. The number of carboxylic acid groups (broad SMARTS) is 1. The van der Waals surface area contributed by atoms with Gasteiger partial charge in [0.1, 0.15) is 12.8 Å². The van der Waals surface area contributed by atoms with Crippen LogP contribution >= 0.6 is 0 Å². The van der Waals surface area contributed by atoms with Crippen molar-refractivity contribution in [1.82, 2.24) is 14.5 Å². The smallest absolute Gasteiger partial charge is 0.303 e. The zero-order valence-electron chi connectivity index (χ0n) is 23.1. The van der Waals surface area contributed by atoms with Gasteiger partial charge in [-0.3, -0.25) is 14.5 Å². The lowest BCUT2D eigenvalue weighted by Crippen LogP contribution is -2.58. The summed E-state index contributed by atoms with van der Waals surface area (Å²) < 4.78 is 1.97. The Morgan fingerprint density at radius 3 is 2.28 bits per heavy atom. The summed E-state index contributed by atoms with van der Waals surface area (Å²) in [5, 5.41) is 13.3. The molecule has 1 aromatic carbocycles. The molecule has 1 aromatic heterocycles. The van der Waals surface area contributed by atoms with E-state index in [1.54, 1.807) is 0 Å². The number of aromatic nitrogens is 2. The van der Waals surface area contributed by atoms with Gasteiger partial charge in [0.05, 0.1) is 17.5 Å². The van der Waals surface area contributed by atoms with Crippen molar-refractivity contribution in [3.63, 3.8) is 0 Å². The molecule has 4 fully saturated rings. The Kier molecular flexibility index (Phi) is 7.74. The summed E-state index contributed by atoms with van der Waals surface area (Å²) in [6, 6.07) is 9.61. The van der Waals surface area contributed by atoms with Gasteiger partial charge in [-0.2, -0.15) is 0 Å². The summed E-state index contributed by atoms with van der Waals surface area (Å²) in [5.41, 5.74) is 1.90. The predicted octanol–water partition coefficient (Wildman–Crippen LogP) is 5.53. The van der Waals surface area contributed by atoms with Gasteiger partial charge in [-0.1, -0.05) is 49.4 Å². The van der Waals surface area contributed by atoms with E-state index in [0.29, 0.717) is 23.8 Å². The second kappa shape index (κ2) is 11.4. The molecule has 2 aliphatic heterocycles. The first-order chi connectivity index (χ1) is 19.0. The average Bonchev–Trinajstić information content (AvgIpc) is 3.09. The maximum atomic E-state index is 14.1. The highest BCUT2D eigenvalue weighted by atomic mass is 16.6. The fourth-order valence-corrected chi connectivity index (χ4v) is 8.55. The van der Waals surface area contributed by atoms with E-state index in [0.717, 1.165) is 35.7 Å². The van der Waals surface area contributed by atoms with E-state index in [1.807, 2.05) is 28.8 Å². The highest BCUT2D eigenvalue weighted by Crippen LogP contribution is 2.47. The van der Waals surface area contributed by atoms with E-state index in [-0.39, 0.29) is 30.1 Å². The topological polar surface area (TPSA) is 97.0 Å². The number of fused-ring (bicyclic) bond motifs is 5. The monoisotopic (exact) mass is 534 g/mol. The summed E-state index contributed by atoms with van der Waals surface area (Å²) in [5.74, 6) is 0.851. The van der Waals surface area contributed by atoms with Gasteiger partial charge in [-0.05, 0) is 68.9 Å². The van der Waals surface area contributed by atoms with Crippen LogP contribution in [0.5, 0.6) is 0 Å². The second-order valence-electron chi connectivity index (χ2n) is 12.4. The van der Waals surface area contributed by atoms with E-state index in [9.17, 15) is 14.7 Å².